The van der Waals surface area contributed by atoms with Crippen LogP contribution in [0.15, 0.2) is 17.8 Å². The van der Waals surface area contributed by atoms with Gasteiger partial charge in [-0.2, -0.15) is 18.3 Å². The van der Waals surface area contributed by atoms with Gasteiger partial charge in [-0.1, -0.05) is 0 Å². The second-order valence-corrected chi connectivity index (χ2v) is 3.85. The number of aromatic carboxylic acids is 1. The standard InChI is InChI=1S/C8H4F3N3O2S/c9-8(10,11)7-13-5(3-17-7)14-2-4(1-12-14)6(15)16/h1-3H,(H,15,16). The molecule has 0 radical (unpaired) electrons. The van der Waals surface area contributed by atoms with Crippen LogP contribution < -0.4 is 0 Å². The summed E-state index contributed by atoms with van der Waals surface area (Å²) in [4.78, 5) is 13.9. The van der Waals surface area contributed by atoms with Crippen LogP contribution in [0.2, 0.25) is 0 Å². The molecule has 2 aromatic rings. The summed E-state index contributed by atoms with van der Waals surface area (Å²) in [7, 11) is 0. The molecule has 90 valence electrons. The number of alkyl halides is 3. The third kappa shape index (κ3) is 2.28. The Labute approximate surface area is 96.1 Å². The van der Waals surface area contributed by atoms with Crippen LogP contribution in [0.3, 0.4) is 0 Å². The summed E-state index contributed by atoms with van der Waals surface area (Å²) in [6.07, 6.45) is -2.38. The van der Waals surface area contributed by atoms with Crippen molar-refractivity contribution in [2.45, 2.75) is 6.18 Å². The van der Waals surface area contributed by atoms with Gasteiger partial charge in [-0.05, 0) is 0 Å². The summed E-state index contributed by atoms with van der Waals surface area (Å²) in [5.41, 5.74) is -0.119. The van der Waals surface area contributed by atoms with E-state index in [4.69, 9.17) is 5.11 Å². The molecule has 0 saturated carbocycles. The molecular formula is C8H4F3N3O2S. The highest BCUT2D eigenvalue weighted by Crippen LogP contribution is 2.32. The Kier molecular flexibility index (Phi) is 2.62. The Morgan fingerprint density at radius 3 is 2.65 bits per heavy atom. The fourth-order valence-corrected chi connectivity index (χ4v) is 1.72. The van der Waals surface area contributed by atoms with Crippen molar-refractivity contribution in [3.63, 3.8) is 0 Å². The number of carboxylic acid groups (broad SMARTS) is 1. The van der Waals surface area contributed by atoms with E-state index in [1.807, 2.05) is 0 Å². The SMILES string of the molecule is O=C(O)c1cnn(-c2csc(C(F)(F)F)n2)c1. The molecule has 5 nitrogen and oxygen atoms in total. The number of nitrogens with zero attached hydrogens (tertiary/aromatic N) is 3. The van der Waals surface area contributed by atoms with Gasteiger partial charge in [0, 0.05) is 11.6 Å². The first-order valence-electron chi connectivity index (χ1n) is 4.19. The molecule has 0 amide bonds. The third-order valence-corrected chi connectivity index (χ3v) is 2.67. The van der Waals surface area contributed by atoms with Gasteiger partial charge in [0.05, 0.1) is 11.8 Å². The van der Waals surface area contributed by atoms with Crippen molar-refractivity contribution < 1.29 is 23.1 Å². The van der Waals surface area contributed by atoms with Gasteiger partial charge in [0.1, 0.15) is 0 Å². The lowest BCUT2D eigenvalue weighted by molar-refractivity contribution is -0.137. The first-order chi connectivity index (χ1) is 7.88. The Bertz CT molecular complexity index is 560. The summed E-state index contributed by atoms with van der Waals surface area (Å²) in [5.74, 6) is -1.27. The lowest BCUT2D eigenvalue weighted by Crippen LogP contribution is -2.05. The highest BCUT2D eigenvalue weighted by molar-refractivity contribution is 7.10. The van der Waals surface area contributed by atoms with E-state index in [0.717, 1.165) is 22.5 Å². The highest BCUT2D eigenvalue weighted by Gasteiger charge is 2.34. The van der Waals surface area contributed by atoms with E-state index in [1.54, 1.807) is 0 Å². The number of carboxylic acids is 1. The van der Waals surface area contributed by atoms with E-state index < -0.39 is 17.2 Å². The molecule has 0 atom stereocenters. The van der Waals surface area contributed by atoms with Crippen LogP contribution in [0.25, 0.3) is 5.82 Å². The zero-order chi connectivity index (χ0) is 12.6. The molecule has 0 saturated heterocycles. The smallest absolute Gasteiger partial charge is 0.443 e. The lowest BCUT2D eigenvalue weighted by atomic mass is 10.4. The van der Waals surface area contributed by atoms with Gasteiger partial charge < -0.3 is 5.11 Å². The topological polar surface area (TPSA) is 68.0 Å². The van der Waals surface area contributed by atoms with Gasteiger partial charge in [-0.3, -0.25) is 0 Å². The molecule has 0 unspecified atom stereocenters. The Balaban J connectivity index is 2.34. The molecule has 2 aromatic heterocycles. The predicted octanol–water partition coefficient (Wildman–Crippen LogP) is 2.05. The Morgan fingerprint density at radius 2 is 2.18 bits per heavy atom. The molecule has 0 aliphatic heterocycles. The van der Waals surface area contributed by atoms with Gasteiger partial charge >= 0.3 is 12.1 Å². The van der Waals surface area contributed by atoms with Crippen molar-refractivity contribution in [3.8, 4) is 5.82 Å². The molecule has 0 aliphatic carbocycles. The summed E-state index contributed by atoms with van der Waals surface area (Å²) < 4.78 is 37.8. The highest BCUT2D eigenvalue weighted by atomic mass is 32.1. The Morgan fingerprint density at radius 1 is 1.47 bits per heavy atom. The number of thiazole rings is 1. The normalized spacial score (nSPS) is 11.7. The van der Waals surface area contributed by atoms with Gasteiger partial charge in [-0.25, -0.2) is 14.5 Å². The van der Waals surface area contributed by atoms with Crippen LogP contribution >= 0.6 is 11.3 Å². The maximum Gasteiger partial charge on any atom is 0.443 e. The third-order valence-electron chi connectivity index (χ3n) is 1.80. The van der Waals surface area contributed by atoms with Crippen LogP contribution in [-0.4, -0.2) is 25.8 Å². The summed E-state index contributed by atoms with van der Waals surface area (Å²) >= 11 is 0.425. The maximum atomic E-state index is 12.3. The summed E-state index contributed by atoms with van der Waals surface area (Å²) in [6, 6.07) is 0. The fourth-order valence-electron chi connectivity index (χ4n) is 1.06. The van der Waals surface area contributed by atoms with Gasteiger partial charge in [0.2, 0.25) is 0 Å². The Hall–Kier alpha value is -1.90. The minimum atomic E-state index is -4.51. The predicted molar refractivity (Wildman–Crippen MR) is 51.2 cm³/mol. The van der Waals surface area contributed by atoms with Crippen molar-refractivity contribution in [3.05, 3.63) is 28.3 Å². The minimum absolute atomic E-state index is 0.0603. The van der Waals surface area contributed by atoms with E-state index in [2.05, 4.69) is 10.1 Å². The van der Waals surface area contributed by atoms with Crippen molar-refractivity contribution in [2.24, 2.45) is 0 Å². The second-order valence-electron chi connectivity index (χ2n) is 2.99. The molecule has 0 aliphatic rings. The van der Waals surface area contributed by atoms with E-state index in [9.17, 15) is 18.0 Å². The monoisotopic (exact) mass is 263 g/mol. The molecular weight excluding hydrogens is 259 g/mol. The van der Waals surface area contributed by atoms with E-state index in [1.165, 1.54) is 0 Å². The number of hydrogen-bond acceptors (Lipinski definition) is 4. The first-order valence-corrected chi connectivity index (χ1v) is 5.07. The molecule has 0 fully saturated rings. The molecule has 0 bridgehead atoms. The number of carbonyl (C=O) groups is 1. The van der Waals surface area contributed by atoms with Gasteiger partial charge in [-0.15, -0.1) is 11.3 Å². The van der Waals surface area contributed by atoms with Crippen molar-refractivity contribution in [1.29, 1.82) is 0 Å². The quantitative estimate of drug-likeness (QED) is 0.900. The summed E-state index contributed by atoms with van der Waals surface area (Å²) in [6.45, 7) is 0. The van der Waals surface area contributed by atoms with E-state index in [-0.39, 0.29) is 11.4 Å². The molecule has 0 aromatic carbocycles. The average molecular weight is 263 g/mol. The van der Waals surface area contributed by atoms with Crippen LogP contribution in [0.1, 0.15) is 15.4 Å². The molecule has 2 rings (SSSR count). The zero-order valence-electron chi connectivity index (χ0n) is 7.97. The average Bonchev–Trinajstić information content (AvgIpc) is 2.85. The number of aromatic nitrogens is 3. The molecule has 1 N–H and O–H groups in total. The van der Waals surface area contributed by atoms with E-state index >= 15 is 0 Å². The first kappa shape index (κ1) is 11.6. The lowest BCUT2D eigenvalue weighted by Gasteiger charge is -1.99. The van der Waals surface area contributed by atoms with Crippen LogP contribution in [-0.2, 0) is 6.18 Å². The zero-order valence-corrected chi connectivity index (χ0v) is 8.79. The van der Waals surface area contributed by atoms with Crippen LogP contribution in [0, 0.1) is 0 Å². The second kappa shape index (κ2) is 3.84. The van der Waals surface area contributed by atoms with E-state index in [0.29, 0.717) is 11.3 Å². The maximum absolute atomic E-state index is 12.3. The molecule has 17 heavy (non-hydrogen) atoms. The molecule has 2 heterocycles. The minimum Gasteiger partial charge on any atom is -0.478 e. The van der Waals surface area contributed by atoms with Gasteiger partial charge in [0.15, 0.2) is 10.8 Å². The van der Waals surface area contributed by atoms with Crippen LogP contribution in [0.4, 0.5) is 13.2 Å². The van der Waals surface area contributed by atoms with Crippen molar-refractivity contribution >= 4 is 17.3 Å². The number of hydrogen-bond donors (Lipinski definition) is 1. The number of rotatable bonds is 2. The van der Waals surface area contributed by atoms with Crippen LogP contribution in [0.5, 0.6) is 0 Å². The fraction of sp³-hybridized carbons (Fsp3) is 0.125. The van der Waals surface area contributed by atoms with Crippen molar-refractivity contribution in [2.75, 3.05) is 0 Å². The largest absolute Gasteiger partial charge is 0.478 e. The molecule has 9 heteroatoms. The van der Waals surface area contributed by atoms with Crippen molar-refractivity contribution in [1.82, 2.24) is 14.8 Å². The number of halogens is 3. The molecule has 0 spiro atoms. The summed E-state index contributed by atoms with van der Waals surface area (Å²) in [5, 5.41) is 12.4. The van der Waals surface area contributed by atoms with Gasteiger partial charge in [0.25, 0.3) is 0 Å².